The fourth-order valence-electron chi connectivity index (χ4n) is 2.64. The molecule has 0 radical (unpaired) electrons. The minimum atomic E-state index is 0.0793. The van der Waals surface area contributed by atoms with Gasteiger partial charge in [0.25, 0.3) is 0 Å². The number of amides is 1. The van der Waals surface area contributed by atoms with E-state index in [9.17, 15) is 4.79 Å². The lowest BCUT2D eigenvalue weighted by atomic mass is 9.96. The monoisotopic (exact) mass is 342 g/mol. The Kier molecular flexibility index (Phi) is 7.45. The van der Waals surface area contributed by atoms with Crippen LogP contribution >= 0.6 is 23.1 Å². The summed E-state index contributed by atoms with van der Waals surface area (Å²) in [5.41, 5.74) is 0. The number of rotatable bonds is 8. The molecule has 0 aromatic carbocycles. The van der Waals surface area contributed by atoms with Crippen LogP contribution in [0.15, 0.2) is 4.34 Å². The standard InChI is InChI=1S/C15H26N4OS2/c1-3-11(4-2)16-13(20)10-21-15-19-18-14(22-15)17-12-8-6-5-7-9-12/h11-12H,3-10H2,1-2H3,(H,16,20)(H,17,18). The molecule has 0 atom stereocenters. The van der Waals surface area contributed by atoms with Gasteiger partial charge in [-0.15, -0.1) is 10.2 Å². The SMILES string of the molecule is CCC(CC)NC(=O)CSc1nnc(NC2CCCCC2)s1. The predicted octanol–water partition coefficient (Wildman–Crippen LogP) is 3.68. The molecule has 0 spiro atoms. The Bertz CT molecular complexity index is 456. The van der Waals surface area contributed by atoms with Crippen molar-refractivity contribution < 1.29 is 4.79 Å². The van der Waals surface area contributed by atoms with Crippen LogP contribution in [0.2, 0.25) is 0 Å². The summed E-state index contributed by atoms with van der Waals surface area (Å²) in [5, 5.41) is 15.7. The molecule has 1 aliphatic rings. The molecule has 1 heterocycles. The van der Waals surface area contributed by atoms with Gasteiger partial charge in [0.1, 0.15) is 0 Å². The third kappa shape index (κ3) is 5.76. The molecule has 1 aliphatic carbocycles. The van der Waals surface area contributed by atoms with Gasteiger partial charge in [-0.1, -0.05) is 56.2 Å². The topological polar surface area (TPSA) is 66.9 Å². The zero-order chi connectivity index (χ0) is 15.8. The summed E-state index contributed by atoms with van der Waals surface area (Å²) in [6.45, 7) is 4.19. The zero-order valence-electron chi connectivity index (χ0n) is 13.4. The fraction of sp³-hybridized carbons (Fsp3) is 0.800. The van der Waals surface area contributed by atoms with Crippen LogP contribution in [0.3, 0.4) is 0 Å². The highest BCUT2D eigenvalue weighted by Crippen LogP contribution is 2.28. The molecule has 2 N–H and O–H groups in total. The summed E-state index contributed by atoms with van der Waals surface area (Å²) in [5.74, 6) is 0.491. The summed E-state index contributed by atoms with van der Waals surface area (Å²) in [6, 6.07) is 0.823. The van der Waals surface area contributed by atoms with Crippen molar-refractivity contribution in [2.24, 2.45) is 0 Å². The average Bonchev–Trinajstić information content (AvgIpc) is 2.99. The number of aromatic nitrogens is 2. The number of carbonyl (C=O) groups excluding carboxylic acids is 1. The number of nitrogens with zero attached hydrogens (tertiary/aromatic N) is 2. The average molecular weight is 343 g/mol. The normalized spacial score (nSPS) is 16.0. The van der Waals surface area contributed by atoms with E-state index in [4.69, 9.17) is 0 Å². The Morgan fingerprint density at radius 1 is 1.27 bits per heavy atom. The Hall–Kier alpha value is -0.820. The summed E-state index contributed by atoms with van der Waals surface area (Å²) < 4.78 is 0.859. The van der Waals surface area contributed by atoms with Gasteiger partial charge in [0, 0.05) is 12.1 Å². The second-order valence-corrected chi connectivity index (χ2v) is 7.92. The summed E-state index contributed by atoms with van der Waals surface area (Å²) in [4.78, 5) is 11.9. The largest absolute Gasteiger partial charge is 0.357 e. The van der Waals surface area contributed by atoms with Gasteiger partial charge in [-0.3, -0.25) is 4.79 Å². The summed E-state index contributed by atoms with van der Waals surface area (Å²) in [6.07, 6.45) is 8.34. The molecule has 1 aromatic rings. The van der Waals surface area contributed by atoms with Crippen molar-refractivity contribution in [3.63, 3.8) is 0 Å². The van der Waals surface area contributed by atoms with Gasteiger partial charge < -0.3 is 10.6 Å². The van der Waals surface area contributed by atoms with Gasteiger partial charge in [0.2, 0.25) is 11.0 Å². The molecule has 1 amide bonds. The first-order valence-electron chi connectivity index (χ1n) is 8.23. The lowest BCUT2D eigenvalue weighted by Crippen LogP contribution is -2.34. The van der Waals surface area contributed by atoms with E-state index < -0.39 is 0 Å². The fourth-order valence-corrected chi connectivity index (χ4v) is 4.28. The molecule has 7 heteroatoms. The number of hydrogen-bond donors (Lipinski definition) is 2. The van der Waals surface area contributed by atoms with Crippen molar-refractivity contribution in [3.05, 3.63) is 0 Å². The van der Waals surface area contributed by atoms with E-state index in [-0.39, 0.29) is 11.9 Å². The van der Waals surface area contributed by atoms with Crippen LogP contribution in [0.25, 0.3) is 0 Å². The second-order valence-electron chi connectivity index (χ2n) is 5.72. The van der Waals surface area contributed by atoms with Gasteiger partial charge >= 0.3 is 0 Å². The van der Waals surface area contributed by atoms with Crippen LogP contribution in [0, 0.1) is 0 Å². The molecule has 0 aliphatic heterocycles. The maximum Gasteiger partial charge on any atom is 0.230 e. The summed E-state index contributed by atoms with van der Waals surface area (Å²) in [7, 11) is 0. The lowest BCUT2D eigenvalue weighted by Gasteiger charge is -2.21. The molecule has 1 aromatic heterocycles. The maximum absolute atomic E-state index is 11.9. The van der Waals surface area contributed by atoms with E-state index in [0.29, 0.717) is 11.8 Å². The van der Waals surface area contributed by atoms with Crippen LogP contribution in [-0.2, 0) is 4.79 Å². The van der Waals surface area contributed by atoms with Crippen molar-refractivity contribution in [3.8, 4) is 0 Å². The minimum Gasteiger partial charge on any atom is -0.357 e. The van der Waals surface area contributed by atoms with Crippen molar-refractivity contribution in [2.45, 2.75) is 75.2 Å². The number of carbonyl (C=O) groups is 1. The van der Waals surface area contributed by atoms with Crippen LogP contribution in [0.5, 0.6) is 0 Å². The lowest BCUT2D eigenvalue weighted by molar-refractivity contribution is -0.119. The number of thioether (sulfide) groups is 1. The smallest absolute Gasteiger partial charge is 0.230 e. The number of nitrogens with one attached hydrogen (secondary N) is 2. The van der Waals surface area contributed by atoms with Crippen molar-refractivity contribution >= 4 is 34.1 Å². The quantitative estimate of drug-likeness (QED) is 0.706. The van der Waals surface area contributed by atoms with Crippen LogP contribution in [-0.4, -0.2) is 33.9 Å². The van der Waals surface area contributed by atoms with Gasteiger partial charge in [-0.25, -0.2) is 0 Å². The van der Waals surface area contributed by atoms with Crippen molar-refractivity contribution in [1.82, 2.24) is 15.5 Å². The van der Waals surface area contributed by atoms with E-state index >= 15 is 0 Å². The van der Waals surface area contributed by atoms with Gasteiger partial charge in [-0.2, -0.15) is 0 Å². The highest BCUT2D eigenvalue weighted by molar-refractivity contribution is 8.01. The molecule has 22 heavy (non-hydrogen) atoms. The van der Waals surface area contributed by atoms with Gasteiger partial charge in [0.05, 0.1) is 5.75 Å². The van der Waals surface area contributed by atoms with Gasteiger partial charge in [0.15, 0.2) is 4.34 Å². The molecular formula is C15H26N4OS2. The first-order chi connectivity index (χ1) is 10.7. The molecule has 0 saturated heterocycles. The third-order valence-electron chi connectivity index (χ3n) is 4.02. The van der Waals surface area contributed by atoms with Crippen molar-refractivity contribution in [1.29, 1.82) is 0 Å². The van der Waals surface area contributed by atoms with E-state index in [1.54, 1.807) is 11.3 Å². The Balaban J connectivity index is 1.73. The highest BCUT2D eigenvalue weighted by Gasteiger charge is 2.16. The molecule has 0 bridgehead atoms. The molecule has 124 valence electrons. The van der Waals surface area contributed by atoms with Gasteiger partial charge in [-0.05, 0) is 25.7 Å². The van der Waals surface area contributed by atoms with E-state index in [0.717, 1.165) is 22.3 Å². The number of anilines is 1. The van der Waals surface area contributed by atoms with Crippen LogP contribution < -0.4 is 10.6 Å². The zero-order valence-corrected chi connectivity index (χ0v) is 15.1. The van der Waals surface area contributed by atoms with E-state index in [1.165, 1.54) is 43.9 Å². The first-order valence-corrected chi connectivity index (χ1v) is 10.0. The first kappa shape index (κ1) is 17.5. The highest BCUT2D eigenvalue weighted by atomic mass is 32.2. The Morgan fingerprint density at radius 2 is 2.00 bits per heavy atom. The molecule has 1 fully saturated rings. The third-order valence-corrected chi connectivity index (χ3v) is 6.00. The maximum atomic E-state index is 11.9. The summed E-state index contributed by atoms with van der Waals surface area (Å²) >= 11 is 3.02. The molecular weight excluding hydrogens is 316 g/mol. The Morgan fingerprint density at radius 3 is 2.68 bits per heavy atom. The van der Waals surface area contributed by atoms with Crippen LogP contribution in [0.4, 0.5) is 5.13 Å². The molecule has 1 saturated carbocycles. The number of hydrogen-bond acceptors (Lipinski definition) is 6. The molecule has 0 unspecified atom stereocenters. The van der Waals surface area contributed by atoms with E-state index in [2.05, 4.69) is 34.7 Å². The second kappa shape index (κ2) is 9.35. The van der Waals surface area contributed by atoms with Crippen molar-refractivity contribution in [2.75, 3.05) is 11.1 Å². The minimum absolute atomic E-state index is 0.0793. The molecule has 5 nitrogen and oxygen atoms in total. The predicted molar refractivity (Wildman–Crippen MR) is 93.6 cm³/mol. The molecule has 2 rings (SSSR count). The van der Waals surface area contributed by atoms with E-state index in [1.807, 2.05) is 0 Å². The van der Waals surface area contributed by atoms with Crippen LogP contribution in [0.1, 0.15) is 58.8 Å². The Labute approximate surface area is 141 Å².